The summed E-state index contributed by atoms with van der Waals surface area (Å²) in [7, 11) is 0. The molecule has 0 bridgehead atoms. The first-order valence-corrected chi connectivity index (χ1v) is 10.2. The van der Waals surface area contributed by atoms with Crippen molar-refractivity contribution < 1.29 is 4.79 Å². The number of hydrazone groups is 1. The fourth-order valence-corrected chi connectivity index (χ4v) is 3.97. The fourth-order valence-electron chi connectivity index (χ4n) is 2.98. The molecule has 2 heterocycles. The summed E-state index contributed by atoms with van der Waals surface area (Å²) in [5.74, 6) is 0.411. The Morgan fingerprint density at radius 2 is 2.00 bits per heavy atom. The van der Waals surface area contributed by atoms with E-state index in [1.165, 1.54) is 17.5 Å². The van der Waals surface area contributed by atoms with Gasteiger partial charge in [-0.1, -0.05) is 55.4 Å². The van der Waals surface area contributed by atoms with E-state index in [2.05, 4.69) is 28.5 Å². The second-order valence-electron chi connectivity index (χ2n) is 6.54. The summed E-state index contributed by atoms with van der Waals surface area (Å²) < 4.78 is 2.24. The van der Waals surface area contributed by atoms with E-state index in [1.807, 2.05) is 37.3 Å². The Morgan fingerprint density at radius 1 is 1.23 bits per heavy atom. The van der Waals surface area contributed by atoms with Crippen LogP contribution in [0.25, 0.3) is 0 Å². The lowest BCUT2D eigenvalue weighted by Gasteiger charge is -2.12. The predicted octanol–water partition coefficient (Wildman–Crippen LogP) is 4.03. The molecule has 6 heteroatoms. The SMILES string of the molecule is CCCCn1c(SCC(=O)N2CCC(c3ccccc3)=N2)nc(C)c1C. The highest BCUT2D eigenvalue weighted by Crippen LogP contribution is 2.23. The Kier molecular flexibility index (Phi) is 6.14. The first-order chi connectivity index (χ1) is 12.6. The number of thioether (sulfide) groups is 1. The highest BCUT2D eigenvalue weighted by atomic mass is 32.2. The van der Waals surface area contributed by atoms with E-state index in [-0.39, 0.29) is 5.91 Å². The molecule has 138 valence electrons. The molecule has 0 radical (unpaired) electrons. The van der Waals surface area contributed by atoms with Gasteiger partial charge >= 0.3 is 0 Å². The zero-order valence-corrected chi connectivity index (χ0v) is 16.6. The molecule has 0 saturated carbocycles. The first kappa shape index (κ1) is 18.7. The van der Waals surface area contributed by atoms with Crippen molar-refractivity contribution in [2.45, 2.75) is 51.7 Å². The molecular weight excluding hydrogens is 344 g/mol. The minimum atomic E-state index is 0.0429. The van der Waals surface area contributed by atoms with Crippen LogP contribution in [0.3, 0.4) is 0 Å². The maximum Gasteiger partial charge on any atom is 0.253 e. The standard InChI is InChI=1S/C20H26N4OS/c1-4-5-12-23-16(3)15(2)21-20(23)26-14-19(25)24-13-11-18(22-24)17-9-7-6-8-10-17/h6-10H,4-5,11-14H2,1-3H3. The lowest BCUT2D eigenvalue weighted by Crippen LogP contribution is -2.25. The maximum atomic E-state index is 12.6. The van der Waals surface area contributed by atoms with Gasteiger partial charge in [-0.25, -0.2) is 9.99 Å². The summed E-state index contributed by atoms with van der Waals surface area (Å²) in [6, 6.07) is 10.1. The van der Waals surface area contributed by atoms with Crippen LogP contribution in [-0.4, -0.2) is 38.5 Å². The van der Waals surface area contributed by atoms with Crippen LogP contribution in [0, 0.1) is 13.8 Å². The van der Waals surface area contributed by atoms with Gasteiger partial charge in [0.25, 0.3) is 5.91 Å². The molecule has 0 fully saturated rings. The number of carbonyl (C=O) groups is 1. The van der Waals surface area contributed by atoms with Crippen molar-refractivity contribution in [3.05, 3.63) is 47.3 Å². The van der Waals surface area contributed by atoms with E-state index in [0.717, 1.165) is 47.9 Å². The molecule has 0 saturated heterocycles. The van der Waals surface area contributed by atoms with Crippen molar-refractivity contribution >= 4 is 23.4 Å². The number of nitrogens with zero attached hydrogens (tertiary/aromatic N) is 4. The zero-order chi connectivity index (χ0) is 18.5. The van der Waals surface area contributed by atoms with E-state index < -0.39 is 0 Å². The molecule has 2 aromatic rings. The third-order valence-electron chi connectivity index (χ3n) is 4.68. The lowest BCUT2D eigenvalue weighted by molar-refractivity contribution is -0.127. The fraction of sp³-hybridized carbons (Fsp3) is 0.450. The van der Waals surface area contributed by atoms with Crippen molar-refractivity contribution in [1.82, 2.24) is 14.6 Å². The quantitative estimate of drug-likeness (QED) is 0.692. The highest BCUT2D eigenvalue weighted by molar-refractivity contribution is 7.99. The zero-order valence-electron chi connectivity index (χ0n) is 15.7. The van der Waals surface area contributed by atoms with Crippen molar-refractivity contribution in [2.75, 3.05) is 12.3 Å². The number of carbonyl (C=O) groups excluding carboxylic acids is 1. The van der Waals surface area contributed by atoms with Crippen LogP contribution in [0.2, 0.25) is 0 Å². The minimum Gasteiger partial charge on any atom is -0.323 e. The van der Waals surface area contributed by atoms with Gasteiger partial charge in [0.15, 0.2) is 5.16 Å². The summed E-state index contributed by atoms with van der Waals surface area (Å²) in [6.45, 7) is 7.93. The molecule has 0 N–H and O–H groups in total. The second kappa shape index (κ2) is 8.54. The maximum absolute atomic E-state index is 12.6. The summed E-state index contributed by atoms with van der Waals surface area (Å²) in [4.78, 5) is 17.2. The number of benzene rings is 1. The van der Waals surface area contributed by atoms with Gasteiger partial charge < -0.3 is 4.57 Å². The van der Waals surface area contributed by atoms with Crippen LogP contribution >= 0.6 is 11.8 Å². The smallest absolute Gasteiger partial charge is 0.253 e. The van der Waals surface area contributed by atoms with Crippen molar-refractivity contribution in [2.24, 2.45) is 5.10 Å². The van der Waals surface area contributed by atoms with Crippen LogP contribution < -0.4 is 0 Å². The second-order valence-corrected chi connectivity index (χ2v) is 7.48. The Bertz CT molecular complexity index is 798. The number of hydrogen-bond acceptors (Lipinski definition) is 4. The van der Waals surface area contributed by atoms with Crippen LogP contribution in [-0.2, 0) is 11.3 Å². The van der Waals surface area contributed by atoms with Gasteiger partial charge in [0, 0.05) is 18.7 Å². The molecule has 1 aliphatic heterocycles. The van der Waals surface area contributed by atoms with Crippen molar-refractivity contribution in [3.8, 4) is 0 Å². The number of rotatable bonds is 7. The highest BCUT2D eigenvalue weighted by Gasteiger charge is 2.22. The summed E-state index contributed by atoms with van der Waals surface area (Å²) in [5, 5.41) is 7.07. The largest absolute Gasteiger partial charge is 0.323 e. The topological polar surface area (TPSA) is 50.5 Å². The molecule has 5 nitrogen and oxygen atoms in total. The molecule has 26 heavy (non-hydrogen) atoms. The van der Waals surface area contributed by atoms with Crippen LogP contribution in [0.5, 0.6) is 0 Å². The average molecular weight is 371 g/mol. The van der Waals surface area contributed by atoms with Crippen LogP contribution in [0.1, 0.15) is 43.1 Å². The molecule has 1 aromatic carbocycles. The molecule has 0 unspecified atom stereocenters. The number of aryl methyl sites for hydroxylation is 1. The van der Waals surface area contributed by atoms with Crippen LogP contribution in [0.15, 0.2) is 40.6 Å². The van der Waals surface area contributed by atoms with Gasteiger partial charge in [-0.3, -0.25) is 4.79 Å². The average Bonchev–Trinajstić information content (AvgIpc) is 3.25. The van der Waals surface area contributed by atoms with Gasteiger partial charge in [0.2, 0.25) is 0 Å². The summed E-state index contributed by atoms with van der Waals surface area (Å²) in [5.41, 5.74) is 4.32. The normalized spacial score (nSPS) is 14.0. The Morgan fingerprint density at radius 3 is 2.73 bits per heavy atom. The number of amides is 1. The molecule has 0 aliphatic carbocycles. The third-order valence-corrected chi connectivity index (χ3v) is 5.64. The monoisotopic (exact) mass is 370 g/mol. The van der Waals surface area contributed by atoms with Crippen molar-refractivity contribution in [1.29, 1.82) is 0 Å². The van der Waals surface area contributed by atoms with E-state index >= 15 is 0 Å². The van der Waals surface area contributed by atoms with Gasteiger partial charge in [-0.05, 0) is 25.8 Å². The number of aromatic nitrogens is 2. The van der Waals surface area contributed by atoms with Gasteiger partial charge in [-0.2, -0.15) is 5.10 Å². The Balaban J connectivity index is 1.63. The lowest BCUT2D eigenvalue weighted by atomic mass is 10.1. The van der Waals surface area contributed by atoms with Crippen LogP contribution in [0.4, 0.5) is 0 Å². The number of hydrogen-bond donors (Lipinski definition) is 0. The van der Waals surface area contributed by atoms with E-state index in [1.54, 1.807) is 5.01 Å². The first-order valence-electron chi connectivity index (χ1n) is 9.20. The van der Waals surface area contributed by atoms with E-state index in [9.17, 15) is 4.79 Å². The van der Waals surface area contributed by atoms with Gasteiger partial charge in [0.05, 0.1) is 23.7 Å². The van der Waals surface area contributed by atoms with E-state index in [0.29, 0.717) is 12.3 Å². The molecule has 0 atom stereocenters. The predicted molar refractivity (Wildman–Crippen MR) is 107 cm³/mol. The van der Waals surface area contributed by atoms with Crippen molar-refractivity contribution in [3.63, 3.8) is 0 Å². The molecule has 1 aliphatic rings. The Labute approximate surface area is 159 Å². The Hall–Kier alpha value is -2.08. The molecule has 0 spiro atoms. The van der Waals surface area contributed by atoms with Gasteiger partial charge in [-0.15, -0.1) is 0 Å². The van der Waals surface area contributed by atoms with Gasteiger partial charge in [0.1, 0.15) is 0 Å². The number of unbranched alkanes of at least 4 members (excludes halogenated alkanes) is 1. The molecule has 1 aromatic heterocycles. The molecule has 3 rings (SSSR count). The summed E-state index contributed by atoms with van der Waals surface area (Å²) in [6.07, 6.45) is 3.07. The molecular formula is C20H26N4OS. The minimum absolute atomic E-state index is 0.0429. The third kappa shape index (κ3) is 4.18. The summed E-state index contributed by atoms with van der Waals surface area (Å²) >= 11 is 1.52. The van der Waals surface area contributed by atoms with E-state index in [4.69, 9.17) is 0 Å². The molecule has 1 amide bonds. The number of imidazole rings is 1.